The van der Waals surface area contributed by atoms with Crippen molar-refractivity contribution >= 4 is 11.8 Å². The van der Waals surface area contributed by atoms with Gasteiger partial charge in [0.05, 0.1) is 5.60 Å². The van der Waals surface area contributed by atoms with Crippen LogP contribution in [0.5, 0.6) is 0 Å². The first-order valence-corrected chi connectivity index (χ1v) is 6.95. The second-order valence-electron chi connectivity index (χ2n) is 4.48. The van der Waals surface area contributed by atoms with Crippen molar-refractivity contribution in [2.24, 2.45) is 0 Å². The Morgan fingerprint density at radius 3 is 3.21 bits per heavy atom. The Hall–Kier alpha value is 0.270. The summed E-state index contributed by atoms with van der Waals surface area (Å²) in [6.07, 6.45) is 4.94. The molecule has 0 aromatic heterocycles. The van der Waals surface area contributed by atoms with Crippen molar-refractivity contribution in [3.63, 3.8) is 0 Å². The van der Waals surface area contributed by atoms with Crippen LogP contribution < -0.4 is 5.32 Å². The van der Waals surface area contributed by atoms with E-state index in [4.69, 9.17) is 4.74 Å². The number of rotatable bonds is 3. The van der Waals surface area contributed by atoms with Crippen LogP contribution in [0.3, 0.4) is 0 Å². The Bertz CT molecular complexity index is 180. The van der Waals surface area contributed by atoms with Crippen molar-refractivity contribution in [1.29, 1.82) is 0 Å². The number of hydrogen-bond acceptors (Lipinski definition) is 3. The Labute approximate surface area is 91.2 Å². The van der Waals surface area contributed by atoms with Crippen molar-refractivity contribution in [2.45, 2.75) is 44.2 Å². The lowest BCUT2D eigenvalue weighted by Crippen LogP contribution is -2.47. The molecular formula is C11H21NOS. The highest BCUT2D eigenvalue weighted by Gasteiger charge is 2.40. The molecule has 0 aliphatic carbocycles. The van der Waals surface area contributed by atoms with E-state index in [0.717, 1.165) is 13.2 Å². The van der Waals surface area contributed by atoms with Gasteiger partial charge in [-0.15, -0.1) is 0 Å². The Balaban J connectivity index is 1.83. The van der Waals surface area contributed by atoms with E-state index >= 15 is 0 Å². The molecule has 0 bridgehead atoms. The van der Waals surface area contributed by atoms with Crippen molar-refractivity contribution < 1.29 is 4.74 Å². The molecule has 1 N–H and O–H groups in total. The van der Waals surface area contributed by atoms with E-state index in [0.29, 0.717) is 6.04 Å². The zero-order valence-corrected chi connectivity index (χ0v) is 9.87. The van der Waals surface area contributed by atoms with Crippen LogP contribution >= 0.6 is 11.8 Å². The third-order valence-electron chi connectivity index (χ3n) is 3.24. The summed E-state index contributed by atoms with van der Waals surface area (Å²) in [4.78, 5) is 0. The Kier molecular flexibility index (Phi) is 3.74. The molecule has 2 aliphatic heterocycles. The van der Waals surface area contributed by atoms with Gasteiger partial charge >= 0.3 is 0 Å². The standard InChI is InChI=1S/C11H21NOS/c1-2-5-12-10-3-6-13-11(8-10)4-7-14-9-11/h10,12H,2-9H2,1H3. The number of ether oxygens (including phenoxy) is 1. The van der Waals surface area contributed by atoms with Crippen molar-refractivity contribution in [2.75, 3.05) is 24.7 Å². The summed E-state index contributed by atoms with van der Waals surface area (Å²) in [5.41, 5.74) is 0.244. The largest absolute Gasteiger partial charge is 0.374 e. The van der Waals surface area contributed by atoms with Crippen molar-refractivity contribution in [3.05, 3.63) is 0 Å². The van der Waals surface area contributed by atoms with E-state index in [1.165, 1.54) is 37.2 Å². The highest BCUT2D eigenvalue weighted by atomic mass is 32.2. The lowest BCUT2D eigenvalue weighted by molar-refractivity contribution is -0.0700. The van der Waals surface area contributed by atoms with E-state index in [1.54, 1.807) is 0 Å². The maximum Gasteiger partial charge on any atom is 0.0795 e. The predicted octanol–water partition coefficient (Wildman–Crippen LogP) is 2.04. The molecule has 2 atom stereocenters. The van der Waals surface area contributed by atoms with Crippen LogP contribution in [-0.4, -0.2) is 36.3 Å². The lowest BCUT2D eigenvalue weighted by Gasteiger charge is -2.38. The smallest absolute Gasteiger partial charge is 0.0795 e. The molecule has 2 heterocycles. The van der Waals surface area contributed by atoms with Crippen LogP contribution in [0, 0.1) is 0 Å². The maximum atomic E-state index is 5.98. The summed E-state index contributed by atoms with van der Waals surface area (Å²) in [7, 11) is 0. The number of nitrogens with one attached hydrogen (secondary N) is 1. The van der Waals surface area contributed by atoms with E-state index in [9.17, 15) is 0 Å². The minimum atomic E-state index is 0.244. The molecule has 2 nitrogen and oxygen atoms in total. The van der Waals surface area contributed by atoms with Gasteiger partial charge < -0.3 is 10.1 Å². The molecule has 1 spiro atoms. The summed E-state index contributed by atoms with van der Waals surface area (Å²) in [6, 6.07) is 0.711. The van der Waals surface area contributed by atoms with Gasteiger partial charge in [-0.05, 0) is 38.0 Å². The summed E-state index contributed by atoms with van der Waals surface area (Å²) in [6.45, 7) is 4.35. The maximum absolute atomic E-state index is 5.98. The normalized spacial score (nSPS) is 37.9. The average molecular weight is 215 g/mol. The van der Waals surface area contributed by atoms with E-state index in [1.807, 2.05) is 0 Å². The molecule has 2 rings (SSSR count). The van der Waals surface area contributed by atoms with E-state index in [2.05, 4.69) is 24.0 Å². The topological polar surface area (TPSA) is 21.3 Å². The van der Waals surface area contributed by atoms with Gasteiger partial charge in [-0.25, -0.2) is 0 Å². The molecule has 2 unspecified atom stereocenters. The van der Waals surface area contributed by atoms with Gasteiger partial charge in [0.1, 0.15) is 0 Å². The molecule has 14 heavy (non-hydrogen) atoms. The third-order valence-corrected chi connectivity index (χ3v) is 4.47. The number of thioether (sulfide) groups is 1. The first kappa shape index (κ1) is 10.8. The third kappa shape index (κ3) is 2.44. The second-order valence-corrected chi connectivity index (χ2v) is 5.58. The highest BCUT2D eigenvalue weighted by Crippen LogP contribution is 2.38. The fourth-order valence-corrected chi connectivity index (χ4v) is 3.79. The molecular weight excluding hydrogens is 194 g/mol. The molecule has 2 saturated heterocycles. The Morgan fingerprint density at radius 2 is 2.50 bits per heavy atom. The molecule has 0 aromatic rings. The first-order valence-electron chi connectivity index (χ1n) is 5.80. The fourth-order valence-electron chi connectivity index (χ4n) is 2.41. The minimum Gasteiger partial charge on any atom is -0.374 e. The van der Waals surface area contributed by atoms with Crippen molar-refractivity contribution in [3.8, 4) is 0 Å². The van der Waals surface area contributed by atoms with Crippen LogP contribution in [0.25, 0.3) is 0 Å². The fraction of sp³-hybridized carbons (Fsp3) is 1.00. The van der Waals surface area contributed by atoms with Gasteiger partial charge in [-0.3, -0.25) is 0 Å². The van der Waals surface area contributed by atoms with Gasteiger partial charge in [-0.2, -0.15) is 11.8 Å². The highest BCUT2D eigenvalue weighted by molar-refractivity contribution is 7.99. The molecule has 3 heteroatoms. The summed E-state index contributed by atoms with van der Waals surface area (Å²) in [5.74, 6) is 2.51. The SMILES string of the molecule is CCCNC1CCOC2(CCSC2)C1. The summed E-state index contributed by atoms with van der Waals surface area (Å²) >= 11 is 2.05. The second kappa shape index (κ2) is 4.86. The monoisotopic (exact) mass is 215 g/mol. The van der Waals surface area contributed by atoms with E-state index < -0.39 is 0 Å². The van der Waals surface area contributed by atoms with Crippen LogP contribution in [0.2, 0.25) is 0 Å². The van der Waals surface area contributed by atoms with Crippen LogP contribution in [0.1, 0.15) is 32.6 Å². The van der Waals surface area contributed by atoms with Crippen molar-refractivity contribution in [1.82, 2.24) is 5.32 Å². The molecule has 2 fully saturated rings. The minimum absolute atomic E-state index is 0.244. The quantitative estimate of drug-likeness (QED) is 0.778. The first-order chi connectivity index (χ1) is 6.85. The van der Waals surface area contributed by atoms with Gasteiger partial charge in [0.25, 0.3) is 0 Å². The molecule has 82 valence electrons. The number of hydrogen-bond donors (Lipinski definition) is 1. The molecule has 0 aromatic carbocycles. The van der Waals surface area contributed by atoms with Gasteiger partial charge in [0.2, 0.25) is 0 Å². The van der Waals surface area contributed by atoms with Gasteiger partial charge in [0, 0.05) is 18.4 Å². The zero-order chi connectivity index (χ0) is 9.86. The molecule has 0 radical (unpaired) electrons. The van der Waals surface area contributed by atoms with Crippen LogP contribution in [0.4, 0.5) is 0 Å². The molecule has 0 saturated carbocycles. The Morgan fingerprint density at radius 1 is 1.57 bits per heavy atom. The predicted molar refractivity (Wildman–Crippen MR) is 61.9 cm³/mol. The van der Waals surface area contributed by atoms with Crippen LogP contribution in [-0.2, 0) is 4.74 Å². The summed E-state index contributed by atoms with van der Waals surface area (Å²) in [5, 5.41) is 3.63. The zero-order valence-electron chi connectivity index (χ0n) is 9.05. The molecule has 0 amide bonds. The van der Waals surface area contributed by atoms with Gasteiger partial charge in [-0.1, -0.05) is 6.92 Å². The molecule has 2 aliphatic rings. The lowest BCUT2D eigenvalue weighted by atomic mass is 9.90. The van der Waals surface area contributed by atoms with E-state index in [-0.39, 0.29) is 5.60 Å². The van der Waals surface area contributed by atoms with Gasteiger partial charge in [0.15, 0.2) is 0 Å². The average Bonchev–Trinajstić information content (AvgIpc) is 2.63. The summed E-state index contributed by atoms with van der Waals surface area (Å²) < 4.78 is 5.98. The van der Waals surface area contributed by atoms with Crippen LogP contribution in [0.15, 0.2) is 0 Å².